The minimum absolute atomic E-state index is 0.0589. The van der Waals surface area contributed by atoms with Crippen molar-refractivity contribution in [2.24, 2.45) is 0 Å². The van der Waals surface area contributed by atoms with E-state index in [0.29, 0.717) is 16.5 Å². The maximum absolute atomic E-state index is 12.2. The lowest BCUT2D eigenvalue weighted by Crippen LogP contribution is -2.43. The van der Waals surface area contributed by atoms with Crippen LogP contribution >= 0.6 is 11.6 Å². The molecule has 0 aliphatic carbocycles. The Morgan fingerprint density at radius 3 is 2.85 bits per heavy atom. The largest absolute Gasteiger partial charge is 0.393 e. The summed E-state index contributed by atoms with van der Waals surface area (Å²) < 4.78 is 0. The van der Waals surface area contributed by atoms with Crippen LogP contribution in [-0.2, 0) is 0 Å². The van der Waals surface area contributed by atoms with Gasteiger partial charge in [-0.05, 0) is 19.1 Å². The van der Waals surface area contributed by atoms with Gasteiger partial charge >= 0.3 is 0 Å². The summed E-state index contributed by atoms with van der Waals surface area (Å²) >= 11 is 5.90. The number of amides is 1. The van der Waals surface area contributed by atoms with Gasteiger partial charge in [0.1, 0.15) is 10.8 Å². The van der Waals surface area contributed by atoms with Gasteiger partial charge in [0.2, 0.25) is 0 Å². The highest BCUT2D eigenvalue weighted by atomic mass is 35.5. The van der Waals surface area contributed by atoms with Gasteiger partial charge in [0.05, 0.1) is 17.7 Å². The Balaban J connectivity index is 2.30. The summed E-state index contributed by atoms with van der Waals surface area (Å²) in [7, 11) is 0. The Kier molecular flexibility index (Phi) is 4.23. The predicted molar refractivity (Wildman–Crippen MR) is 76.8 cm³/mol. The fraction of sp³-hybridized carbons (Fsp3) is 0.286. The van der Waals surface area contributed by atoms with E-state index >= 15 is 0 Å². The van der Waals surface area contributed by atoms with Gasteiger partial charge in [-0.25, -0.2) is 4.98 Å². The van der Waals surface area contributed by atoms with Crippen molar-refractivity contribution in [2.75, 3.05) is 13.2 Å². The molecule has 0 aliphatic rings. The predicted octanol–water partition coefficient (Wildman–Crippen LogP) is 1.36. The molecule has 20 heavy (non-hydrogen) atoms. The number of aromatic nitrogens is 1. The van der Waals surface area contributed by atoms with Crippen LogP contribution in [0.1, 0.15) is 17.3 Å². The number of aliphatic hydroxyl groups is 2. The number of rotatable bonds is 4. The quantitative estimate of drug-likeness (QED) is 0.744. The molecule has 2 aromatic rings. The molecule has 0 aliphatic heterocycles. The van der Waals surface area contributed by atoms with Crippen molar-refractivity contribution in [3.05, 3.63) is 41.0 Å². The van der Waals surface area contributed by atoms with Crippen molar-refractivity contribution in [1.29, 1.82) is 0 Å². The lowest BCUT2D eigenvalue weighted by molar-refractivity contribution is 0.00321. The smallest absolute Gasteiger partial charge is 0.252 e. The molecule has 0 saturated heterocycles. The molecule has 0 spiro atoms. The molecule has 1 aromatic heterocycles. The lowest BCUT2D eigenvalue weighted by Gasteiger charge is -2.20. The Morgan fingerprint density at radius 2 is 2.15 bits per heavy atom. The molecule has 1 heterocycles. The van der Waals surface area contributed by atoms with Crippen molar-refractivity contribution in [2.45, 2.75) is 12.5 Å². The number of hydrogen-bond donors (Lipinski definition) is 3. The van der Waals surface area contributed by atoms with E-state index < -0.39 is 12.2 Å². The molecule has 6 heteroatoms. The molecule has 5 nitrogen and oxygen atoms in total. The first-order valence-corrected chi connectivity index (χ1v) is 6.47. The van der Waals surface area contributed by atoms with E-state index in [9.17, 15) is 9.90 Å². The monoisotopic (exact) mass is 294 g/mol. The molecular formula is C14H15ClN2O3. The highest BCUT2D eigenvalue weighted by Gasteiger charge is 2.21. The van der Waals surface area contributed by atoms with Crippen molar-refractivity contribution < 1.29 is 15.0 Å². The number of para-hydroxylation sites is 1. The van der Waals surface area contributed by atoms with Gasteiger partial charge in [0, 0.05) is 11.9 Å². The summed E-state index contributed by atoms with van der Waals surface area (Å²) in [6, 6.07) is 8.63. The number of fused-ring (bicyclic) bond motifs is 1. The second-order valence-corrected chi connectivity index (χ2v) is 5.23. The molecule has 1 unspecified atom stereocenters. The summed E-state index contributed by atoms with van der Waals surface area (Å²) in [6.45, 7) is 0.937. The minimum atomic E-state index is -1.36. The molecule has 0 fully saturated rings. The van der Waals surface area contributed by atoms with Crippen molar-refractivity contribution >= 4 is 28.4 Å². The number of nitrogens with one attached hydrogen (secondary N) is 1. The number of aliphatic hydroxyl groups excluding tert-OH is 1. The first kappa shape index (κ1) is 14.7. The average Bonchev–Trinajstić information content (AvgIpc) is 2.44. The molecule has 106 valence electrons. The van der Waals surface area contributed by atoms with Gasteiger partial charge in [-0.1, -0.05) is 29.8 Å². The Labute approximate surface area is 121 Å². The summed E-state index contributed by atoms with van der Waals surface area (Å²) in [4.78, 5) is 16.3. The zero-order chi connectivity index (χ0) is 14.8. The summed E-state index contributed by atoms with van der Waals surface area (Å²) in [5.41, 5.74) is -0.351. The molecule has 1 aromatic carbocycles. The number of hydrogen-bond acceptors (Lipinski definition) is 4. The van der Waals surface area contributed by atoms with Crippen LogP contribution in [0.15, 0.2) is 30.3 Å². The number of carbonyl (C=O) groups is 1. The number of carbonyl (C=O) groups excluding carboxylic acids is 1. The van der Waals surface area contributed by atoms with Crippen LogP contribution in [0.4, 0.5) is 0 Å². The molecule has 0 saturated carbocycles. The van der Waals surface area contributed by atoms with Crippen LogP contribution < -0.4 is 5.32 Å². The Morgan fingerprint density at radius 1 is 1.45 bits per heavy atom. The third-order valence-electron chi connectivity index (χ3n) is 2.90. The molecule has 1 amide bonds. The van der Waals surface area contributed by atoms with Crippen LogP contribution in [-0.4, -0.2) is 39.9 Å². The van der Waals surface area contributed by atoms with Crippen molar-refractivity contribution in [3.63, 3.8) is 0 Å². The van der Waals surface area contributed by atoms with E-state index in [-0.39, 0.29) is 17.6 Å². The van der Waals surface area contributed by atoms with Gasteiger partial charge in [0.25, 0.3) is 5.91 Å². The van der Waals surface area contributed by atoms with Gasteiger partial charge < -0.3 is 15.5 Å². The summed E-state index contributed by atoms with van der Waals surface area (Å²) in [5, 5.41) is 22.1. The lowest BCUT2D eigenvalue weighted by atomic mass is 10.1. The second-order valence-electron chi connectivity index (χ2n) is 4.85. The molecule has 0 radical (unpaired) electrons. The van der Waals surface area contributed by atoms with Crippen LogP contribution in [0.25, 0.3) is 10.9 Å². The van der Waals surface area contributed by atoms with Gasteiger partial charge in [-0.15, -0.1) is 0 Å². The average molecular weight is 295 g/mol. The maximum Gasteiger partial charge on any atom is 0.252 e. The van der Waals surface area contributed by atoms with Crippen LogP contribution in [0.5, 0.6) is 0 Å². The standard InChI is InChI=1S/C14H15ClN2O3/c1-14(20,8-18)7-16-13(19)10-6-12(15)17-11-5-3-2-4-9(10)11/h2-6,18,20H,7-8H2,1H3,(H,16,19). The SMILES string of the molecule is CC(O)(CO)CNC(=O)c1cc(Cl)nc2ccccc12. The Hall–Kier alpha value is -1.69. The summed E-state index contributed by atoms with van der Waals surface area (Å²) in [6.07, 6.45) is 0. The third kappa shape index (κ3) is 3.25. The van der Waals surface area contributed by atoms with Gasteiger partial charge in [-0.2, -0.15) is 0 Å². The molecular weight excluding hydrogens is 280 g/mol. The van der Waals surface area contributed by atoms with E-state index in [1.54, 1.807) is 18.2 Å². The van der Waals surface area contributed by atoms with Gasteiger partial charge in [-0.3, -0.25) is 4.79 Å². The molecule has 0 bridgehead atoms. The Bertz CT molecular complexity index is 643. The minimum Gasteiger partial charge on any atom is -0.393 e. The zero-order valence-electron chi connectivity index (χ0n) is 10.9. The first-order chi connectivity index (χ1) is 9.43. The van der Waals surface area contributed by atoms with Crippen LogP contribution in [0.2, 0.25) is 5.15 Å². The van der Waals surface area contributed by atoms with E-state index in [4.69, 9.17) is 16.7 Å². The van der Waals surface area contributed by atoms with E-state index in [2.05, 4.69) is 10.3 Å². The number of benzene rings is 1. The number of pyridine rings is 1. The topological polar surface area (TPSA) is 82.5 Å². The van der Waals surface area contributed by atoms with E-state index in [1.807, 2.05) is 6.07 Å². The maximum atomic E-state index is 12.2. The van der Waals surface area contributed by atoms with Crippen LogP contribution in [0.3, 0.4) is 0 Å². The highest BCUT2D eigenvalue weighted by Crippen LogP contribution is 2.20. The summed E-state index contributed by atoms with van der Waals surface area (Å²) in [5.74, 6) is -0.376. The first-order valence-electron chi connectivity index (χ1n) is 6.10. The number of nitrogens with zero attached hydrogens (tertiary/aromatic N) is 1. The van der Waals surface area contributed by atoms with Crippen LogP contribution in [0, 0.1) is 0 Å². The van der Waals surface area contributed by atoms with E-state index in [0.717, 1.165) is 0 Å². The van der Waals surface area contributed by atoms with E-state index in [1.165, 1.54) is 13.0 Å². The normalized spacial score (nSPS) is 14.0. The zero-order valence-corrected chi connectivity index (χ0v) is 11.7. The molecule has 1 atom stereocenters. The van der Waals surface area contributed by atoms with Crippen molar-refractivity contribution in [3.8, 4) is 0 Å². The third-order valence-corrected chi connectivity index (χ3v) is 3.09. The number of halogens is 1. The fourth-order valence-electron chi connectivity index (χ4n) is 1.75. The molecule has 2 rings (SSSR count). The van der Waals surface area contributed by atoms with Crippen molar-refractivity contribution in [1.82, 2.24) is 10.3 Å². The fourth-order valence-corrected chi connectivity index (χ4v) is 1.95. The molecule has 3 N–H and O–H groups in total. The second kappa shape index (κ2) is 5.75. The highest BCUT2D eigenvalue weighted by molar-refractivity contribution is 6.30. The van der Waals surface area contributed by atoms with Gasteiger partial charge in [0.15, 0.2) is 0 Å².